The SMILES string of the molecule is O=C(CCn1nnc2ccccc2c1=O)Nc1ccc(Cn2cccn2)cc1. The molecule has 0 saturated carbocycles. The van der Waals surface area contributed by atoms with E-state index in [4.69, 9.17) is 0 Å². The summed E-state index contributed by atoms with van der Waals surface area (Å²) in [5.74, 6) is -0.193. The Kier molecular flexibility index (Phi) is 4.92. The predicted molar refractivity (Wildman–Crippen MR) is 105 cm³/mol. The van der Waals surface area contributed by atoms with Crippen molar-refractivity contribution in [1.82, 2.24) is 24.8 Å². The minimum Gasteiger partial charge on any atom is -0.326 e. The molecule has 0 aliphatic carbocycles. The summed E-state index contributed by atoms with van der Waals surface area (Å²) < 4.78 is 3.05. The highest BCUT2D eigenvalue weighted by molar-refractivity contribution is 5.90. The number of benzene rings is 2. The number of aromatic nitrogens is 5. The molecule has 2 aromatic carbocycles. The van der Waals surface area contributed by atoms with Gasteiger partial charge in [-0.05, 0) is 35.9 Å². The van der Waals surface area contributed by atoms with Crippen LogP contribution in [-0.2, 0) is 17.9 Å². The summed E-state index contributed by atoms with van der Waals surface area (Å²) in [4.78, 5) is 24.6. The second kappa shape index (κ2) is 7.83. The Morgan fingerprint density at radius 1 is 1.04 bits per heavy atom. The lowest BCUT2D eigenvalue weighted by Gasteiger charge is -2.08. The lowest BCUT2D eigenvalue weighted by Crippen LogP contribution is -2.26. The average Bonchev–Trinajstić information content (AvgIpc) is 3.22. The molecule has 1 N–H and O–H groups in total. The van der Waals surface area contributed by atoms with Gasteiger partial charge in [0.25, 0.3) is 5.56 Å². The van der Waals surface area contributed by atoms with E-state index in [1.165, 1.54) is 4.68 Å². The Labute approximate surface area is 160 Å². The molecule has 0 aliphatic rings. The summed E-state index contributed by atoms with van der Waals surface area (Å²) in [5.41, 5.74) is 2.08. The van der Waals surface area contributed by atoms with Crippen molar-refractivity contribution in [1.29, 1.82) is 0 Å². The maximum Gasteiger partial charge on any atom is 0.277 e. The highest BCUT2D eigenvalue weighted by Crippen LogP contribution is 2.11. The summed E-state index contributed by atoms with van der Waals surface area (Å²) in [6.45, 7) is 0.838. The molecule has 0 spiro atoms. The number of carbonyl (C=O) groups excluding carboxylic acids is 1. The van der Waals surface area contributed by atoms with Crippen molar-refractivity contribution in [3.05, 3.63) is 82.9 Å². The molecule has 0 unspecified atom stereocenters. The average molecular weight is 374 g/mol. The van der Waals surface area contributed by atoms with Gasteiger partial charge in [-0.25, -0.2) is 4.68 Å². The zero-order valence-electron chi connectivity index (χ0n) is 15.0. The molecule has 140 valence electrons. The summed E-state index contributed by atoms with van der Waals surface area (Å²) in [7, 11) is 0. The van der Waals surface area contributed by atoms with Crippen LogP contribution < -0.4 is 10.9 Å². The summed E-state index contributed by atoms with van der Waals surface area (Å²) in [5, 5.41) is 15.4. The van der Waals surface area contributed by atoms with E-state index in [9.17, 15) is 9.59 Å². The molecule has 0 saturated heterocycles. The van der Waals surface area contributed by atoms with Gasteiger partial charge < -0.3 is 5.32 Å². The van der Waals surface area contributed by atoms with Crippen LogP contribution in [0.15, 0.2) is 71.8 Å². The van der Waals surface area contributed by atoms with Gasteiger partial charge in [0, 0.05) is 24.5 Å². The van der Waals surface area contributed by atoms with Crippen molar-refractivity contribution in [2.75, 3.05) is 5.32 Å². The van der Waals surface area contributed by atoms with Crippen LogP contribution in [0.4, 0.5) is 5.69 Å². The molecule has 2 aromatic heterocycles. The number of nitrogens with zero attached hydrogens (tertiary/aromatic N) is 5. The minimum atomic E-state index is -0.249. The molecule has 0 radical (unpaired) electrons. The van der Waals surface area contributed by atoms with Crippen LogP contribution in [0.5, 0.6) is 0 Å². The molecule has 2 heterocycles. The molecule has 8 heteroatoms. The van der Waals surface area contributed by atoms with Gasteiger partial charge in [0.2, 0.25) is 5.91 Å². The third-order valence-corrected chi connectivity index (χ3v) is 4.32. The van der Waals surface area contributed by atoms with Crippen LogP contribution in [0.25, 0.3) is 10.9 Å². The Bertz CT molecular complexity index is 1150. The first-order valence-electron chi connectivity index (χ1n) is 8.88. The number of rotatable bonds is 6. The molecule has 1 amide bonds. The topological polar surface area (TPSA) is 94.7 Å². The molecule has 0 aliphatic heterocycles. The number of amides is 1. The molecule has 0 atom stereocenters. The summed E-state index contributed by atoms with van der Waals surface area (Å²) >= 11 is 0. The van der Waals surface area contributed by atoms with Crippen LogP contribution in [0.3, 0.4) is 0 Å². The van der Waals surface area contributed by atoms with Gasteiger partial charge >= 0.3 is 0 Å². The fourth-order valence-corrected chi connectivity index (χ4v) is 2.88. The first kappa shape index (κ1) is 17.6. The van der Waals surface area contributed by atoms with E-state index in [1.807, 2.05) is 41.2 Å². The molecule has 4 aromatic rings. The van der Waals surface area contributed by atoms with Crippen LogP contribution in [0, 0.1) is 0 Å². The monoisotopic (exact) mass is 374 g/mol. The Hall–Kier alpha value is -3.81. The van der Waals surface area contributed by atoms with E-state index in [0.717, 1.165) is 5.56 Å². The fraction of sp³-hybridized carbons (Fsp3) is 0.150. The number of carbonyl (C=O) groups is 1. The molecule has 0 fully saturated rings. The van der Waals surface area contributed by atoms with Crippen molar-refractivity contribution in [3.63, 3.8) is 0 Å². The van der Waals surface area contributed by atoms with Gasteiger partial charge in [0.1, 0.15) is 5.52 Å². The Morgan fingerprint density at radius 3 is 2.64 bits per heavy atom. The first-order valence-corrected chi connectivity index (χ1v) is 8.88. The second-order valence-corrected chi connectivity index (χ2v) is 6.33. The Morgan fingerprint density at radius 2 is 1.86 bits per heavy atom. The zero-order valence-corrected chi connectivity index (χ0v) is 15.0. The maximum absolute atomic E-state index is 12.4. The number of nitrogens with one attached hydrogen (secondary N) is 1. The molecule has 0 bridgehead atoms. The number of anilines is 1. The molecular weight excluding hydrogens is 356 g/mol. The highest BCUT2D eigenvalue weighted by Gasteiger charge is 2.08. The fourth-order valence-electron chi connectivity index (χ4n) is 2.88. The van der Waals surface area contributed by atoms with Crippen LogP contribution in [0.1, 0.15) is 12.0 Å². The summed E-state index contributed by atoms with van der Waals surface area (Å²) in [6.07, 6.45) is 3.76. The van der Waals surface area contributed by atoms with Crippen LogP contribution in [0.2, 0.25) is 0 Å². The smallest absolute Gasteiger partial charge is 0.277 e. The third-order valence-electron chi connectivity index (χ3n) is 4.32. The number of hydrogen-bond acceptors (Lipinski definition) is 5. The molecule has 8 nitrogen and oxygen atoms in total. The van der Waals surface area contributed by atoms with Gasteiger partial charge in [-0.2, -0.15) is 5.10 Å². The van der Waals surface area contributed by atoms with Gasteiger partial charge in [-0.15, -0.1) is 5.10 Å². The van der Waals surface area contributed by atoms with Crippen LogP contribution >= 0.6 is 0 Å². The largest absolute Gasteiger partial charge is 0.326 e. The molecular formula is C20H18N6O2. The van der Waals surface area contributed by atoms with Crippen molar-refractivity contribution in [2.45, 2.75) is 19.5 Å². The van der Waals surface area contributed by atoms with Crippen molar-refractivity contribution >= 4 is 22.5 Å². The first-order chi connectivity index (χ1) is 13.7. The zero-order chi connectivity index (χ0) is 19.3. The van der Waals surface area contributed by atoms with E-state index < -0.39 is 0 Å². The standard InChI is InChI=1S/C20H18N6O2/c27-19(10-13-26-20(28)17-4-1-2-5-18(17)23-24-26)22-16-8-6-15(7-9-16)14-25-12-3-11-21-25/h1-9,11-12H,10,13-14H2,(H,22,27). The lowest BCUT2D eigenvalue weighted by atomic mass is 10.2. The summed E-state index contributed by atoms with van der Waals surface area (Å²) in [6, 6.07) is 16.5. The van der Waals surface area contributed by atoms with E-state index in [-0.39, 0.29) is 24.4 Å². The van der Waals surface area contributed by atoms with E-state index in [0.29, 0.717) is 23.1 Å². The number of hydrogen-bond donors (Lipinski definition) is 1. The Balaban J connectivity index is 1.36. The number of fused-ring (bicyclic) bond motifs is 1. The van der Waals surface area contributed by atoms with E-state index in [2.05, 4.69) is 20.7 Å². The molecule has 28 heavy (non-hydrogen) atoms. The highest BCUT2D eigenvalue weighted by atomic mass is 16.2. The third kappa shape index (κ3) is 3.96. The van der Waals surface area contributed by atoms with Crippen LogP contribution in [-0.4, -0.2) is 30.7 Å². The quantitative estimate of drug-likeness (QED) is 0.557. The van der Waals surface area contributed by atoms with Gasteiger partial charge in [0.15, 0.2) is 0 Å². The van der Waals surface area contributed by atoms with E-state index in [1.54, 1.807) is 30.5 Å². The second-order valence-electron chi connectivity index (χ2n) is 6.33. The molecule has 4 rings (SSSR count). The van der Waals surface area contributed by atoms with Gasteiger partial charge in [-0.3, -0.25) is 14.3 Å². The number of aryl methyl sites for hydroxylation is 1. The van der Waals surface area contributed by atoms with Crippen molar-refractivity contribution in [2.24, 2.45) is 0 Å². The normalized spacial score (nSPS) is 10.9. The lowest BCUT2D eigenvalue weighted by molar-refractivity contribution is -0.116. The van der Waals surface area contributed by atoms with Crippen molar-refractivity contribution in [3.8, 4) is 0 Å². The van der Waals surface area contributed by atoms with Gasteiger partial charge in [0.05, 0.1) is 18.5 Å². The maximum atomic E-state index is 12.4. The van der Waals surface area contributed by atoms with E-state index >= 15 is 0 Å². The predicted octanol–water partition coefficient (Wildman–Crippen LogP) is 2.07. The van der Waals surface area contributed by atoms with Gasteiger partial charge in [-0.1, -0.05) is 29.5 Å². The minimum absolute atomic E-state index is 0.127. The van der Waals surface area contributed by atoms with Crippen molar-refractivity contribution < 1.29 is 4.79 Å².